The number of unbranched alkanes of at least 4 members (excludes halogenated alkanes) is 15. The van der Waals surface area contributed by atoms with E-state index in [0.717, 1.165) is 160 Å². The Hall–Kier alpha value is -9.00. The summed E-state index contributed by atoms with van der Waals surface area (Å²) in [7, 11) is 0. The average molecular weight is 1270 g/mol. The maximum Gasteiger partial charge on any atom is 0.344 e. The second-order valence-corrected chi connectivity index (χ2v) is 22.8. The van der Waals surface area contributed by atoms with Crippen molar-refractivity contribution in [3.05, 3.63) is 161 Å². The zero-order valence-corrected chi connectivity index (χ0v) is 53.5. The first-order valence-corrected chi connectivity index (χ1v) is 32.5. The van der Waals surface area contributed by atoms with E-state index >= 15 is 0 Å². The molecule has 0 aliphatic rings. The Balaban J connectivity index is 0.986. The van der Waals surface area contributed by atoms with Crippen molar-refractivity contribution in [1.82, 2.24) is 0 Å². The van der Waals surface area contributed by atoms with Crippen LogP contribution in [0.25, 0.3) is 11.1 Å². The molecule has 5 aromatic carbocycles. The first-order chi connectivity index (χ1) is 44.6. The predicted octanol–water partition coefficient (Wildman–Crippen LogP) is 16.8. The predicted molar refractivity (Wildman–Crippen MR) is 353 cm³/mol. The van der Waals surface area contributed by atoms with Gasteiger partial charge in [0.25, 0.3) is 0 Å². The minimum absolute atomic E-state index is 0.0781. The molecular weight excluding hydrogens is 1180 g/mol. The van der Waals surface area contributed by atoms with Crippen molar-refractivity contribution in [2.75, 3.05) is 38.8 Å². The molecule has 0 heterocycles. The smallest absolute Gasteiger partial charge is 0.344 e. The van der Waals surface area contributed by atoms with E-state index in [-0.39, 0.29) is 52.7 Å². The van der Waals surface area contributed by atoms with Crippen LogP contribution in [0.1, 0.15) is 209 Å². The summed E-state index contributed by atoms with van der Waals surface area (Å²) in [5.74, 6) is -2.39. The quantitative estimate of drug-likeness (QED) is 0.00536. The van der Waals surface area contributed by atoms with Crippen LogP contribution < -0.4 is 29.4 Å². The molecule has 5 aromatic rings. The Morgan fingerprint density at radius 2 is 0.967 bits per heavy atom. The molecule has 1 unspecified atom stereocenters. The summed E-state index contributed by atoms with van der Waals surface area (Å²) in [5, 5.41) is 22.1. The van der Waals surface area contributed by atoms with Gasteiger partial charge in [0.2, 0.25) is 0 Å². The Morgan fingerprint density at radius 1 is 0.511 bits per heavy atom. The molecule has 0 bridgehead atoms. The van der Waals surface area contributed by atoms with Crippen molar-refractivity contribution in [3.8, 4) is 39.9 Å². The molecule has 0 aliphatic carbocycles. The van der Waals surface area contributed by atoms with Gasteiger partial charge in [-0.3, -0.25) is 10.1 Å². The standard InChI is InChI=1S/C73H92N2O17/c1-5-8-9-19-27-53(4)90-67-52-65(74)63(51-66(67)75(83)84)55-31-33-56(34-32-55)71(80)89-49-26-30-54(29-21-25-48-88-69(77)7-3)28-20-15-18-23-46-86-58-36-40-60(41-37-58)91-72(81)57-35-44-62(64(50-57)70(78)79)73(82)92-61-42-38-59(39-43-61)85-45-22-16-13-11-10-12-14-17-24-47-87-68(76)6-2/h6-7,31-44,50-54H,2-3,5,8-30,45-49,74H2,1,4H3,(H,78,79)/t53-,54?/m0/s1. The highest BCUT2D eigenvalue weighted by molar-refractivity contribution is 6.05. The normalized spacial score (nSPS) is 11.5. The van der Waals surface area contributed by atoms with E-state index in [1.54, 1.807) is 72.8 Å². The number of benzene rings is 5. The van der Waals surface area contributed by atoms with Gasteiger partial charge >= 0.3 is 41.5 Å². The highest BCUT2D eigenvalue weighted by Gasteiger charge is 2.24. The van der Waals surface area contributed by atoms with Crippen LogP contribution in [0, 0.1) is 16.0 Å². The maximum absolute atomic E-state index is 13.2. The number of anilines is 1. The molecule has 0 fully saturated rings. The molecule has 0 aliphatic heterocycles. The van der Waals surface area contributed by atoms with Gasteiger partial charge in [0.15, 0.2) is 5.75 Å². The Kier molecular flexibility index (Phi) is 33.8. The van der Waals surface area contributed by atoms with Gasteiger partial charge in [0, 0.05) is 35.5 Å². The second-order valence-electron chi connectivity index (χ2n) is 22.8. The molecule has 0 saturated heterocycles. The number of nitro groups is 1. The van der Waals surface area contributed by atoms with E-state index in [0.29, 0.717) is 72.6 Å². The number of nitro benzene ring substituents is 1. The number of nitrogens with zero attached hydrogens (tertiary/aromatic N) is 1. The van der Waals surface area contributed by atoms with Crippen molar-refractivity contribution in [2.45, 2.75) is 174 Å². The Morgan fingerprint density at radius 3 is 1.51 bits per heavy atom. The van der Waals surface area contributed by atoms with Gasteiger partial charge in [-0.2, -0.15) is 0 Å². The first-order valence-electron chi connectivity index (χ1n) is 32.5. The average Bonchev–Trinajstić information content (AvgIpc) is 0.875. The van der Waals surface area contributed by atoms with Gasteiger partial charge in [0.1, 0.15) is 23.0 Å². The first kappa shape index (κ1) is 73.7. The number of carbonyl (C=O) groups is 6. The van der Waals surface area contributed by atoms with E-state index in [1.807, 2.05) is 6.92 Å². The number of carboxylic acid groups (broad SMARTS) is 1. The van der Waals surface area contributed by atoms with E-state index < -0.39 is 40.3 Å². The summed E-state index contributed by atoms with van der Waals surface area (Å²) in [6, 6.07) is 26.1. The van der Waals surface area contributed by atoms with Crippen molar-refractivity contribution >= 4 is 47.2 Å². The lowest BCUT2D eigenvalue weighted by Gasteiger charge is -2.17. The molecule has 496 valence electrons. The number of nitrogens with two attached hydrogens (primary N) is 1. The molecule has 19 nitrogen and oxygen atoms in total. The monoisotopic (exact) mass is 1270 g/mol. The van der Waals surface area contributed by atoms with Crippen molar-refractivity contribution in [2.24, 2.45) is 5.92 Å². The van der Waals surface area contributed by atoms with Crippen molar-refractivity contribution < 1.29 is 76.7 Å². The minimum atomic E-state index is -1.43. The molecular formula is C73H92N2O17. The Bertz CT molecular complexity index is 3120. The van der Waals surface area contributed by atoms with Crippen LogP contribution >= 0.6 is 0 Å². The highest BCUT2D eigenvalue weighted by Crippen LogP contribution is 2.38. The lowest BCUT2D eigenvalue weighted by Crippen LogP contribution is -2.16. The summed E-state index contributed by atoms with van der Waals surface area (Å²) in [6.07, 6.45) is 25.4. The van der Waals surface area contributed by atoms with Crippen LogP contribution in [-0.4, -0.2) is 85.0 Å². The zero-order chi connectivity index (χ0) is 66.3. The van der Waals surface area contributed by atoms with Gasteiger partial charge in [-0.15, -0.1) is 0 Å². The molecule has 0 aromatic heterocycles. The molecule has 5 rings (SSSR count). The van der Waals surface area contributed by atoms with Gasteiger partial charge < -0.3 is 48.7 Å². The number of hydrogen-bond donors (Lipinski definition) is 2. The van der Waals surface area contributed by atoms with Crippen LogP contribution in [0.3, 0.4) is 0 Å². The lowest BCUT2D eigenvalue weighted by atomic mass is 9.91. The summed E-state index contributed by atoms with van der Waals surface area (Å²) >= 11 is 0. The van der Waals surface area contributed by atoms with Crippen LogP contribution in [0.15, 0.2) is 128 Å². The molecule has 0 amide bonds. The SMILES string of the molecule is C=CC(=O)OCCCCCCCCCCCOc1ccc(OC(=O)c2ccc(C(=O)Oc3ccc(OCCCCCCC(CCCCOC(=O)C=C)CCCOC(=O)c4ccc(-c5cc([N+](=O)[O-])c(O[C@@H](C)CCCCCC)cc5N)cc4)cc3)cc2C(=O)O)cc1. The summed E-state index contributed by atoms with van der Waals surface area (Å²) in [4.78, 5) is 86.0. The molecule has 0 spiro atoms. The largest absolute Gasteiger partial charge is 0.494 e. The van der Waals surface area contributed by atoms with Gasteiger partial charge in [-0.1, -0.05) is 129 Å². The summed E-state index contributed by atoms with van der Waals surface area (Å²) < 4.78 is 44.6. The van der Waals surface area contributed by atoms with Gasteiger partial charge in [-0.25, -0.2) is 28.8 Å². The fourth-order valence-electron chi connectivity index (χ4n) is 10.3. The number of esters is 5. The topological polar surface area (TPSA) is 266 Å². The van der Waals surface area contributed by atoms with E-state index in [4.69, 9.17) is 43.6 Å². The zero-order valence-electron chi connectivity index (χ0n) is 53.5. The fraction of sp³-hybridized carbons (Fsp3) is 0.452. The van der Waals surface area contributed by atoms with Crippen molar-refractivity contribution in [3.63, 3.8) is 0 Å². The number of ether oxygens (including phenoxy) is 8. The van der Waals surface area contributed by atoms with E-state index in [1.165, 1.54) is 30.3 Å². The molecule has 2 atom stereocenters. The maximum atomic E-state index is 13.2. The third-order valence-corrected chi connectivity index (χ3v) is 15.5. The lowest BCUT2D eigenvalue weighted by molar-refractivity contribution is -0.386. The summed E-state index contributed by atoms with van der Waals surface area (Å²) in [6.45, 7) is 12.9. The number of nitrogen functional groups attached to an aromatic ring is 1. The molecule has 19 heteroatoms. The van der Waals surface area contributed by atoms with Crippen molar-refractivity contribution in [1.29, 1.82) is 0 Å². The molecule has 3 N–H and O–H groups in total. The number of aromatic carboxylic acids is 1. The molecule has 0 radical (unpaired) electrons. The van der Waals surface area contributed by atoms with E-state index in [2.05, 4.69) is 20.1 Å². The number of hydrogen-bond acceptors (Lipinski definition) is 17. The number of carbonyl (C=O) groups excluding carboxylic acids is 5. The minimum Gasteiger partial charge on any atom is -0.494 e. The van der Waals surface area contributed by atoms with Crippen LogP contribution in [0.2, 0.25) is 0 Å². The second kappa shape index (κ2) is 42.1. The number of carboxylic acids is 1. The number of rotatable bonds is 47. The van der Waals surface area contributed by atoms with E-state index in [9.17, 15) is 44.0 Å². The highest BCUT2D eigenvalue weighted by atomic mass is 16.6. The fourth-order valence-corrected chi connectivity index (χ4v) is 10.3. The van der Waals surface area contributed by atoms with Crippen LogP contribution in [-0.2, 0) is 23.8 Å². The summed E-state index contributed by atoms with van der Waals surface area (Å²) in [5.41, 5.74) is 7.20. The third-order valence-electron chi connectivity index (χ3n) is 15.5. The van der Waals surface area contributed by atoms with Gasteiger partial charge in [0.05, 0.1) is 66.3 Å². The van der Waals surface area contributed by atoms with Crippen LogP contribution in [0.4, 0.5) is 11.4 Å². The molecule has 92 heavy (non-hydrogen) atoms. The van der Waals surface area contributed by atoms with Gasteiger partial charge in [-0.05, 0) is 155 Å². The Labute approximate surface area is 541 Å². The molecule has 0 saturated carbocycles. The third kappa shape index (κ3) is 27.6. The van der Waals surface area contributed by atoms with Crippen LogP contribution in [0.5, 0.6) is 28.7 Å².